The number of hydrogen-bond acceptors (Lipinski definition) is 5. The molecule has 3 heterocycles. The average molecular weight is 441 g/mol. The third-order valence-electron chi connectivity index (χ3n) is 4.11. The van der Waals surface area contributed by atoms with E-state index in [-0.39, 0.29) is 6.04 Å². The Balaban J connectivity index is 1.52. The Morgan fingerprint density at radius 3 is 2.89 bits per heavy atom. The predicted octanol–water partition coefficient (Wildman–Crippen LogP) is 4.20. The maximum atomic E-state index is 12.4. The molecule has 9 nitrogen and oxygen atoms in total. The number of benzene rings is 1. The van der Waals surface area contributed by atoms with E-state index in [2.05, 4.69) is 51.9 Å². The standard InChI is InChI=1S/C18H17BrN8O/c1-10(2)27-9-20-26-17(27)13-4-3-5-15(21-13)22-18(28)23-16-12-7-6-11(19)8-14(12)24-25-16/h3-10H,1-2H3,(H3,21,22,23,24,25,28). The quantitative estimate of drug-likeness (QED) is 0.439. The van der Waals surface area contributed by atoms with Crippen molar-refractivity contribution in [3.8, 4) is 11.5 Å². The summed E-state index contributed by atoms with van der Waals surface area (Å²) in [7, 11) is 0. The summed E-state index contributed by atoms with van der Waals surface area (Å²) >= 11 is 3.41. The zero-order valence-corrected chi connectivity index (χ0v) is 16.7. The van der Waals surface area contributed by atoms with Crippen LogP contribution >= 0.6 is 15.9 Å². The van der Waals surface area contributed by atoms with E-state index in [1.54, 1.807) is 18.5 Å². The maximum Gasteiger partial charge on any atom is 0.326 e. The molecule has 0 saturated heterocycles. The van der Waals surface area contributed by atoms with Gasteiger partial charge < -0.3 is 4.57 Å². The number of rotatable bonds is 4. The molecule has 0 radical (unpaired) electrons. The summed E-state index contributed by atoms with van der Waals surface area (Å²) in [5.41, 5.74) is 1.44. The molecule has 10 heteroatoms. The summed E-state index contributed by atoms with van der Waals surface area (Å²) < 4.78 is 2.84. The molecule has 2 amide bonds. The van der Waals surface area contributed by atoms with E-state index in [1.165, 1.54) is 0 Å². The van der Waals surface area contributed by atoms with Gasteiger partial charge in [-0.2, -0.15) is 5.10 Å². The topological polar surface area (TPSA) is 113 Å². The van der Waals surface area contributed by atoms with Gasteiger partial charge in [0.15, 0.2) is 11.6 Å². The molecule has 142 valence electrons. The number of urea groups is 1. The number of H-pyrrole nitrogens is 1. The third-order valence-corrected chi connectivity index (χ3v) is 4.60. The van der Waals surface area contributed by atoms with Crippen LogP contribution in [-0.4, -0.2) is 36.0 Å². The first-order chi connectivity index (χ1) is 13.5. The number of nitrogens with one attached hydrogen (secondary N) is 3. The molecule has 0 atom stereocenters. The van der Waals surface area contributed by atoms with Gasteiger partial charge in [-0.3, -0.25) is 15.7 Å². The van der Waals surface area contributed by atoms with Crippen LogP contribution in [0.4, 0.5) is 16.4 Å². The number of aromatic amines is 1. The van der Waals surface area contributed by atoms with Crippen molar-refractivity contribution >= 4 is 44.5 Å². The van der Waals surface area contributed by atoms with Gasteiger partial charge in [0.25, 0.3) is 0 Å². The number of nitrogens with zero attached hydrogens (tertiary/aromatic N) is 5. The summed E-state index contributed by atoms with van der Waals surface area (Å²) in [5, 5.41) is 21.4. The van der Waals surface area contributed by atoms with Crippen molar-refractivity contribution in [2.24, 2.45) is 0 Å². The number of hydrogen-bond donors (Lipinski definition) is 3. The molecule has 3 N–H and O–H groups in total. The highest BCUT2D eigenvalue weighted by atomic mass is 79.9. The van der Waals surface area contributed by atoms with Crippen LogP contribution in [0.25, 0.3) is 22.4 Å². The summed E-state index contributed by atoms with van der Waals surface area (Å²) in [6, 6.07) is 10.7. The van der Waals surface area contributed by atoms with Crippen LogP contribution in [0.2, 0.25) is 0 Å². The number of pyridine rings is 1. The molecule has 1 aromatic carbocycles. The van der Waals surface area contributed by atoms with E-state index in [4.69, 9.17) is 0 Å². The molecule has 4 aromatic rings. The van der Waals surface area contributed by atoms with E-state index in [1.807, 2.05) is 42.7 Å². The maximum absolute atomic E-state index is 12.4. The molecule has 0 unspecified atom stereocenters. The second-order valence-corrected chi connectivity index (χ2v) is 7.32. The summed E-state index contributed by atoms with van der Waals surface area (Å²) in [6.45, 7) is 4.07. The molecule has 4 rings (SSSR count). The van der Waals surface area contributed by atoms with Gasteiger partial charge in [0.1, 0.15) is 17.8 Å². The molecular formula is C18H17BrN8O. The van der Waals surface area contributed by atoms with Gasteiger partial charge in [0.05, 0.1) is 5.52 Å². The highest BCUT2D eigenvalue weighted by molar-refractivity contribution is 9.10. The van der Waals surface area contributed by atoms with Crippen molar-refractivity contribution < 1.29 is 4.79 Å². The van der Waals surface area contributed by atoms with Crippen molar-refractivity contribution in [3.05, 3.63) is 47.2 Å². The second kappa shape index (κ2) is 7.39. The van der Waals surface area contributed by atoms with E-state index in [9.17, 15) is 4.79 Å². The monoisotopic (exact) mass is 440 g/mol. The fourth-order valence-corrected chi connectivity index (χ4v) is 3.14. The smallest absolute Gasteiger partial charge is 0.310 e. The largest absolute Gasteiger partial charge is 0.326 e. The molecule has 0 fully saturated rings. The first-order valence-electron chi connectivity index (χ1n) is 8.60. The first-order valence-corrected chi connectivity index (χ1v) is 9.39. The molecule has 0 aliphatic heterocycles. The van der Waals surface area contributed by atoms with E-state index in [0.717, 1.165) is 15.4 Å². The van der Waals surface area contributed by atoms with Gasteiger partial charge in [-0.1, -0.05) is 22.0 Å². The molecule has 3 aromatic heterocycles. The van der Waals surface area contributed by atoms with Crippen molar-refractivity contribution in [1.82, 2.24) is 29.9 Å². The van der Waals surface area contributed by atoms with Crippen LogP contribution in [0.5, 0.6) is 0 Å². The Hall–Kier alpha value is -3.27. The number of fused-ring (bicyclic) bond motifs is 1. The minimum atomic E-state index is -0.439. The molecule has 0 bridgehead atoms. The second-order valence-electron chi connectivity index (χ2n) is 6.40. The minimum Gasteiger partial charge on any atom is -0.310 e. The van der Waals surface area contributed by atoms with Gasteiger partial charge in [0.2, 0.25) is 0 Å². The summed E-state index contributed by atoms with van der Waals surface area (Å²) in [6.07, 6.45) is 1.66. The van der Waals surface area contributed by atoms with Crippen LogP contribution in [0.1, 0.15) is 19.9 Å². The lowest BCUT2D eigenvalue weighted by atomic mass is 10.2. The molecule has 0 saturated carbocycles. The van der Waals surface area contributed by atoms with Crippen molar-refractivity contribution in [3.63, 3.8) is 0 Å². The Morgan fingerprint density at radius 2 is 2.07 bits per heavy atom. The van der Waals surface area contributed by atoms with Crippen LogP contribution in [0.15, 0.2) is 47.2 Å². The molecule has 0 spiro atoms. The first kappa shape index (κ1) is 18.1. The average Bonchev–Trinajstić information content (AvgIpc) is 3.29. The number of amides is 2. The Labute approximate surface area is 168 Å². The summed E-state index contributed by atoms with van der Waals surface area (Å²) in [4.78, 5) is 16.9. The van der Waals surface area contributed by atoms with Crippen LogP contribution < -0.4 is 10.6 Å². The van der Waals surface area contributed by atoms with E-state index >= 15 is 0 Å². The van der Waals surface area contributed by atoms with Gasteiger partial charge in [-0.15, -0.1) is 10.2 Å². The fourth-order valence-electron chi connectivity index (χ4n) is 2.77. The highest BCUT2D eigenvalue weighted by Gasteiger charge is 2.13. The zero-order chi connectivity index (χ0) is 19.7. The summed E-state index contributed by atoms with van der Waals surface area (Å²) in [5.74, 6) is 1.48. The van der Waals surface area contributed by atoms with Gasteiger partial charge in [0, 0.05) is 15.9 Å². The lowest BCUT2D eigenvalue weighted by Crippen LogP contribution is -2.20. The van der Waals surface area contributed by atoms with Crippen molar-refractivity contribution in [2.75, 3.05) is 10.6 Å². The number of carbonyl (C=O) groups excluding carboxylic acids is 1. The number of aromatic nitrogens is 6. The SMILES string of the molecule is CC(C)n1cnnc1-c1cccc(NC(=O)Nc2n[nH]c3cc(Br)ccc23)n1. The van der Waals surface area contributed by atoms with Crippen molar-refractivity contribution in [2.45, 2.75) is 19.9 Å². The molecule has 0 aliphatic carbocycles. The van der Waals surface area contributed by atoms with Gasteiger partial charge >= 0.3 is 6.03 Å². The van der Waals surface area contributed by atoms with Crippen LogP contribution in [-0.2, 0) is 0 Å². The lowest BCUT2D eigenvalue weighted by molar-refractivity contribution is 0.262. The van der Waals surface area contributed by atoms with Crippen LogP contribution in [0.3, 0.4) is 0 Å². The number of halogens is 1. The Kier molecular flexibility index (Phi) is 4.78. The fraction of sp³-hybridized carbons (Fsp3) is 0.167. The Bertz CT molecular complexity index is 1150. The lowest BCUT2D eigenvalue weighted by Gasteiger charge is -2.10. The van der Waals surface area contributed by atoms with Crippen molar-refractivity contribution in [1.29, 1.82) is 0 Å². The van der Waals surface area contributed by atoms with Gasteiger partial charge in [-0.25, -0.2) is 9.78 Å². The van der Waals surface area contributed by atoms with E-state index in [0.29, 0.717) is 23.2 Å². The van der Waals surface area contributed by atoms with E-state index < -0.39 is 6.03 Å². The number of anilines is 2. The molecule has 28 heavy (non-hydrogen) atoms. The Morgan fingerprint density at radius 1 is 1.21 bits per heavy atom. The molecule has 0 aliphatic rings. The molecular weight excluding hydrogens is 424 g/mol. The highest BCUT2D eigenvalue weighted by Crippen LogP contribution is 2.24. The normalized spacial score (nSPS) is 11.1. The minimum absolute atomic E-state index is 0.194. The third kappa shape index (κ3) is 3.58. The predicted molar refractivity (Wildman–Crippen MR) is 110 cm³/mol. The number of carbonyl (C=O) groups is 1. The van der Waals surface area contributed by atoms with Crippen LogP contribution in [0, 0.1) is 0 Å². The van der Waals surface area contributed by atoms with Gasteiger partial charge in [-0.05, 0) is 44.2 Å². The zero-order valence-electron chi connectivity index (χ0n) is 15.1.